The molecular formula is C37H40N8O6. The number of ether oxygens (including phenoxy) is 3. The molecule has 1 aromatic heterocycles. The lowest BCUT2D eigenvalue weighted by atomic mass is 10.1. The predicted molar refractivity (Wildman–Crippen MR) is 194 cm³/mol. The summed E-state index contributed by atoms with van der Waals surface area (Å²) in [5, 5.41) is 24.8. The van der Waals surface area contributed by atoms with E-state index in [1.165, 1.54) is 0 Å². The molecule has 14 heteroatoms. The number of nitrogens with zero attached hydrogens (tertiary/aromatic N) is 3. The van der Waals surface area contributed by atoms with Crippen molar-refractivity contribution in [1.82, 2.24) is 25.6 Å². The summed E-state index contributed by atoms with van der Waals surface area (Å²) < 4.78 is 16.5. The minimum atomic E-state index is -0.241. The zero-order valence-electron chi connectivity index (χ0n) is 28.1. The van der Waals surface area contributed by atoms with Crippen LogP contribution in [0.25, 0.3) is 0 Å². The number of benzene rings is 4. The molecule has 0 aliphatic heterocycles. The lowest BCUT2D eigenvalue weighted by Gasteiger charge is -2.12. The van der Waals surface area contributed by atoms with Crippen LogP contribution in [-0.4, -0.2) is 78.5 Å². The molecule has 51 heavy (non-hydrogen) atoms. The Balaban J connectivity index is 1.12. The van der Waals surface area contributed by atoms with Gasteiger partial charge in [-0.2, -0.15) is 15.0 Å². The molecule has 5 rings (SSSR count). The van der Waals surface area contributed by atoms with Crippen LogP contribution in [0, 0.1) is 0 Å². The maximum absolute atomic E-state index is 13.0. The van der Waals surface area contributed by atoms with Gasteiger partial charge in [0.05, 0.1) is 33.5 Å². The summed E-state index contributed by atoms with van der Waals surface area (Å²) in [5.41, 5.74) is 3.23. The molecule has 264 valence electrons. The van der Waals surface area contributed by atoms with E-state index in [9.17, 15) is 14.7 Å². The van der Waals surface area contributed by atoms with Crippen LogP contribution in [0.3, 0.4) is 0 Å². The lowest BCUT2D eigenvalue weighted by molar-refractivity contribution is 0.0519. The van der Waals surface area contributed by atoms with E-state index >= 15 is 0 Å². The molecule has 0 unspecified atom stereocenters. The highest BCUT2D eigenvalue weighted by Crippen LogP contribution is 2.21. The number of methoxy groups -OCH3 is 1. The summed E-state index contributed by atoms with van der Waals surface area (Å²) in [5.74, 6) is 1.24. The molecule has 2 amide bonds. The Kier molecular flexibility index (Phi) is 13.5. The lowest BCUT2D eigenvalue weighted by Crippen LogP contribution is -2.27. The maximum atomic E-state index is 13.0. The van der Waals surface area contributed by atoms with Crippen LogP contribution >= 0.6 is 0 Å². The SMILES string of the molecule is COc1cccc(CNC(=O)c2cccc(Nc3nc(NCCOCCOCCNC(=O)c4ccccc4)nc(Nc4ccc(O)cc4)n3)c2)c1. The maximum Gasteiger partial charge on any atom is 0.251 e. The summed E-state index contributed by atoms with van der Waals surface area (Å²) in [4.78, 5) is 38.5. The van der Waals surface area contributed by atoms with Crippen molar-refractivity contribution >= 4 is 41.0 Å². The highest BCUT2D eigenvalue weighted by molar-refractivity contribution is 5.95. The topological polar surface area (TPSA) is 181 Å². The van der Waals surface area contributed by atoms with E-state index < -0.39 is 0 Å². The van der Waals surface area contributed by atoms with E-state index in [0.29, 0.717) is 68.6 Å². The monoisotopic (exact) mass is 692 g/mol. The van der Waals surface area contributed by atoms with Crippen LogP contribution in [0.5, 0.6) is 11.5 Å². The van der Waals surface area contributed by atoms with Gasteiger partial charge in [0, 0.05) is 42.1 Å². The van der Waals surface area contributed by atoms with Crippen molar-refractivity contribution in [2.24, 2.45) is 0 Å². The number of hydrogen-bond acceptors (Lipinski definition) is 12. The number of aromatic nitrogens is 3. The van der Waals surface area contributed by atoms with Gasteiger partial charge >= 0.3 is 0 Å². The van der Waals surface area contributed by atoms with E-state index in [2.05, 4.69) is 41.5 Å². The van der Waals surface area contributed by atoms with E-state index in [4.69, 9.17) is 14.2 Å². The predicted octanol–water partition coefficient (Wildman–Crippen LogP) is 4.88. The second-order valence-electron chi connectivity index (χ2n) is 11.0. The zero-order chi connectivity index (χ0) is 35.7. The normalized spacial score (nSPS) is 10.6. The molecule has 1 heterocycles. The third-order valence-corrected chi connectivity index (χ3v) is 7.20. The molecule has 0 aliphatic rings. The minimum absolute atomic E-state index is 0.133. The number of carbonyl (C=O) groups is 2. The second-order valence-corrected chi connectivity index (χ2v) is 11.0. The van der Waals surface area contributed by atoms with E-state index in [0.717, 1.165) is 11.3 Å². The number of phenolic OH excluding ortho intramolecular Hbond substituents is 1. The largest absolute Gasteiger partial charge is 0.508 e. The first-order valence-corrected chi connectivity index (χ1v) is 16.3. The average Bonchev–Trinajstić information content (AvgIpc) is 3.16. The number of carbonyl (C=O) groups excluding carboxylic acids is 2. The number of amides is 2. The molecule has 0 aliphatic carbocycles. The van der Waals surface area contributed by atoms with Gasteiger partial charge in [-0.3, -0.25) is 9.59 Å². The van der Waals surface area contributed by atoms with Crippen molar-refractivity contribution in [3.63, 3.8) is 0 Å². The van der Waals surface area contributed by atoms with Crippen molar-refractivity contribution in [3.05, 3.63) is 120 Å². The number of nitrogens with one attached hydrogen (secondary N) is 5. The molecule has 0 spiro atoms. The molecule has 5 aromatic rings. The van der Waals surface area contributed by atoms with Gasteiger partial charge in [-0.15, -0.1) is 0 Å². The molecule has 0 radical (unpaired) electrons. The zero-order valence-corrected chi connectivity index (χ0v) is 28.1. The highest BCUT2D eigenvalue weighted by atomic mass is 16.5. The molecular weight excluding hydrogens is 652 g/mol. The molecule has 0 fully saturated rings. The van der Waals surface area contributed by atoms with Gasteiger partial charge in [0.2, 0.25) is 17.8 Å². The van der Waals surface area contributed by atoms with Gasteiger partial charge in [0.15, 0.2) is 0 Å². The fourth-order valence-electron chi connectivity index (χ4n) is 4.66. The molecule has 6 N–H and O–H groups in total. The van der Waals surface area contributed by atoms with Gasteiger partial charge in [0.25, 0.3) is 11.8 Å². The fraction of sp³-hybridized carbons (Fsp3) is 0.216. The summed E-state index contributed by atoms with van der Waals surface area (Å²) in [6, 6.07) is 30.0. The van der Waals surface area contributed by atoms with Crippen molar-refractivity contribution in [2.45, 2.75) is 6.54 Å². The van der Waals surface area contributed by atoms with E-state index in [1.807, 2.05) is 42.5 Å². The highest BCUT2D eigenvalue weighted by Gasteiger charge is 2.11. The Morgan fingerprint density at radius 2 is 1.27 bits per heavy atom. The third-order valence-electron chi connectivity index (χ3n) is 7.20. The Bertz CT molecular complexity index is 1860. The van der Waals surface area contributed by atoms with Crippen LogP contribution in [0.2, 0.25) is 0 Å². The smallest absolute Gasteiger partial charge is 0.251 e. The van der Waals surface area contributed by atoms with Crippen LogP contribution in [-0.2, 0) is 16.0 Å². The first kappa shape index (κ1) is 36.0. The Morgan fingerprint density at radius 1 is 0.627 bits per heavy atom. The van der Waals surface area contributed by atoms with Gasteiger partial charge in [-0.1, -0.05) is 36.4 Å². The van der Waals surface area contributed by atoms with Gasteiger partial charge in [-0.25, -0.2) is 0 Å². The molecule has 14 nitrogen and oxygen atoms in total. The quantitative estimate of drug-likeness (QED) is 0.0511. The van der Waals surface area contributed by atoms with Crippen LogP contribution in [0.1, 0.15) is 26.3 Å². The number of hydrogen-bond donors (Lipinski definition) is 6. The van der Waals surface area contributed by atoms with Gasteiger partial charge in [0.1, 0.15) is 11.5 Å². The van der Waals surface area contributed by atoms with E-state index in [-0.39, 0.29) is 35.4 Å². The number of rotatable bonds is 19. The number of anilines is 5. The van der Waals surface area contributed by atoms with Crippen molar-refractivity contribution in [2.75, 3.05) is 62.6 Å². The molecule has 0 saturated carbocycles. The van der Waals surface area contributed by atoms with Crippen molar-refractivity contribution in [3.8, 4) is 11.5 Å². The van der Waals surface area contributed by atoms with Crippen LogP contribution in [0.4, 0.5) is 29.2 Å². The Morgan fingerprint density at radius 3 is 2.02 bits per heavy atom. The van der Waals surface area contributed by atoms with E-state index in [1.54, 1.807) is 67.8 Å². The summed E-state index contributed by atoms with van der Waals surface area (Å²) in [7, 11) is 1.60. The molecule has 0 atom stereocenters. The standard InChI is InChI=1S/C37H40N8O6/c1-49-32-12-5-7-26(23-32)25-40-34(48)28-10-6-11-30(24-28)42-37-44-35(43-36(45-37)41-29-13-15-31(46)16-14-29)39-18-20-51-22-21-50-19-17-38-33(47)27-8-3-2-4-9-27/h2-16,23-24,46H,17-22,25H2,1H3,(H,38,47)(H,40,48)(H3,39,41,42,43,44,45). The summed E-state index contributed by atoms with van der Waals surface area (Å²) >= 11 is 0. The second kappa shape index (κ2) is 19.1. The Hall–Kier alpha value is -6.25. The summed E-state index contributed by atoms with van der Waals surface area (Å²) in [6.45, 7) is 2.61. The molecule has 0 bridgehead atoms. The van der Waals surface area contributed by atoms with Crippen LogP contribution in [0.15, 0.2) is 103 Å². The number of aromatic hydroxyl groups is 1. The van der Waals surface area contributed by atoms with Gasteiger partial charge < -0.3 is 45.9 Å². The number of phenols is 1. The average molecular weight is 693 g/mol. The minimum Gasteiger partial charge on any atom is -0.508 e. The molecule has 4 aromatic carbocycles. The van der Waals surface area contributed by atoms with Gasteiger partial charge in [-0.05, 0) is 72.3 Å². The van der Waals surface area contributed by atoms with Crippen LogP contribution < -0.4 is 31.3 Å². The first-order chi connectivity index (χ1) is 24.9. The fourth-order valence-corrected chi connectivity index (χ4v) is 4.66. The molecule has 0 saturated heterocycles. The Labute approximate surface area is 295 Å². The van der Waals surface area contributed by atoms with Crippen molar-refractivity contribution in [1.29, 1.82) is 0 Å². The summed E-state index contributed by atoms with van der Waals surface area (Å²) in [6.07, 6.45) is 0. The first-order valence-electron chi connectivity index (χ1n) is 16.3. The third kappa shape index (κ3) is 12.0. The van der Waals surface area contributed by atoms with Crippen molar-refractivity contribution < 1.29 is 28.9 Å².